The molecule has 1 aliphatic heterocycles. The van der Waals surface area contributed by atoms with Crippen LogP contribution in [0.3, 0.4) is 0 Å². The van der Waals surface area contributed by atoms with Gasteiger partial charge in [0.25, 0.3) is 0 Å². The summed E-state index contributed by atoms with van der Waals surface area (Å²) >= 11 is 7.24. The van der Waals surface area contributed by atoms with Gasteiger partial charge in [-0.05, 0) is 49.2 Å². The number of carbonyl (C=O) groups is 1. The lowest BCUT2D eigenvalue weighted by Crippen LogP contribution is -2.22. The van der Waals surface area contributed by atoms with Crippen LogP contribution in [0.15, 0.2) is 52.2 Å². The molecule has 1 saturated heterocycles. The second-order valence-electron chi connectivity index (χ2n) is 6.49. The zero-order valence-corrected chi connectivity index (χ0v) is 16.7. The monoisotopic (exact) mass is 417 g/mol. The van der Waals surface area contributed by atoms with Crippen molar-refractivity contribution in [2.45, 2.75) is 24.5 Å². The first kappa shape index (κ1) is 18.9. The first-order valence-electron chi connectivity index (χ1n) is 9.08. The van der Waals surface area contributed by atoms with Gasteiger partial charge in [0.05, 0.1) is 18.6 Å². The number of amides is 1. The molecule has 28 heavy (non-hydrogen) atoms. The number of hydrogen-bond donors (Lipinski definition) is 1. The summed E-state index contributed by atoms with van der Waals surface area (Å²) in [5.74, 6) is 1.78. The molecule has 3 aromatic rings. The number of carbonyl (C=O) groups excluding carboxylic acids is 1. The van der Waals surface area contributed by atoms with Crippen LogP contribution in [0.5, 0.6) is 0 Å². The molecule has 146 valence electrons. The van der Waals surface area contributed by atoms with Crippen LogP contribution in [0.1, 0.15) is 18.6 Å². The fourth-order valence-corrected chi connectivity index (χ4v) is 3.95. The van der Waals surface area contributed by atoms with Crippen LogP contribution < -0.4 is 10.2 Å². The topological polar surface area (TPSA) is 76.2 Å². The maximum absolute atomic E-state index is 12.3. The van der Waals surface area contributed by atoms with Crippen LogP contribution in [0.25, 0.3) is 0 Å². The molecular weight excluding hydrogens is 398 g/mol. The molecule has 2 aromatic heterocycles. The molecule has 1 fully saturated rings. The Balaban J connectivity index is 1.45. The highest BCUT2D eigenvalue weighted by molar-refractivity contribution is 7.99. The largest absolute Gasteiger partial charge is 0.467 e. The molecule has 3 heterocycles. The van der Waals surface area contributed by atoms with E-state index in [0.717, 1.165) is 37.6 Å². The molecule has 0 unspecified atom stereocenters. The van der Waals surface area contributed by atoms with Gasteiger partial charge in [0.15, 0.2) is 5.16 Å². The molecule has 0 saturated carbocycles. The molecule has 0 aliphatic carbocycles. The Labute approximate surface area is 172 Å². The Kier molecular flexibility index (Phi) is 5.87. The number of furan rings is 1. The molecule has 0 radical (unpaired) electrons. The smallest absolute Gasteiger partial charge is 0.234 e. The summed E-state index contributed by atoms with van der Waals surface area (Å²) < 4.78 is 7.52. The molecule has 0 bridgehead atoms. The van der Waals surface area contributed by atoms with Crippen LogP contribution in [-0.2, 0) is 11.3 Å². The summed E-state index contributed by atoms with van der Waals surface area (Å²) in [5, 5.41) is 12.9. The number of benzene rings is 1. The minimum Gasteiger partial charge on any atom is -0.467 e. The predicted octanol–water partition coefficient (Wildman–Crippen LogP) is 3.90. The molecule has 0 spiro atoms. The van der Waals surface area contributed by atoms with Crippen molar-refractivity contribution in [1.29, 1.82) is 0 Å². The second kappa shape index (κ2) is 8.70. The number of halogens is 1. The second-order valence-corrected chi connectivity index (χ2v) is 7.86. The molecule has 4 rings (SSSR count). The molecule has 7 nitrogen and oxygen atoms in total. The van der Waals surface area contributed by atoms with Gasteiger partial charge in [0.1, 0.15) is 5.76 Å². The first-order valence-corrected chi connectivity index (χ1v) is 10.4. The van der Waals surface area contributed by atoms with Crippen molar-refractivity contribution in [2.24, 2.45) is 0 Å². The van der Waals surface area contributed by atoms with Crippen LogP contribution in [-0.4, -0.2) is 39.5 Å². The highest BCUT2D eigenvalue weighted by atomic mass is 35.5. The van der Waals surface area contributed by atoms with Crippen molar-refractivity contribution in [3.05, 3.63) is 53.4 Å². The SMILES string of the molecule is O=C(CSc1nnc(N2CCCC2)n1Cc1ccco1)Nc1ccc(Cl)cc1. The Morgan fingerprint density at radius 2 is 1.96 bits per heavy atom. The zero-order chi connectivity index (χ0) is 19.3. The van der Waals surface area contributed by atoms with Crippen LogP contribution >= 0.6 is 23.4 Å². The average molecular weight is 418 g/mol. The maximum atomic E-state index is 12.3. The lowest BCUT2D eigenvalue weighted by atomic mass is 10.3. The van der Waals surface area contributed by atoms with E-state index in [0.29, 0.717) is 22.4 Å². The van der Waals surface area contributed by atoms with Gasteiger partial charge < -0.3 is 14.6 Å². The average Bonchev–Trinajstić information content (AvgIpc) is 3.44. The Hall–Kier alpha value is -2.45. The number of aromatic nitrogens is 3. The van der Waals surface area contributed by atoms with E-state index < -0.39 is 0 Å². The number of rotatable bonds is 7. The molecule has 0 atom stereocenters. The van der Waals surface area contributed by atoms with Crippen LogP contribution in [0, 0.1) is 0 Å². The fraction of sp³-hybridized carbons (Fsp3) is 0.316. The highest BCUT2D eigenvalue weighted by Gasteiger charge is 2.22. The van der Waals surface area contributed by atoms with Gasteiger partial charge in [-0.3, -0.25) is 9.36 Å². The summed E-state index contributed by atoms with van der Waals surface area (Å²) in [7, 11) is 0. The maximum Gasteiger partial charge on any atom is 0.234 e. The van der Waals surface area contributed by atoms with Gasteiger partial charge in [-0.15, -0.1) is 10.2 Å². The van der Waals surface area contributed by atoms with Crippen molar-refractivity contribution in [1.82, 2.24) is 14.8 Å². The van der Waals surface area contributed by atoms with Gasteiger partial charge in [-0.2, -0.15) is 0 Å². The minimum absolute atomic E-state index is 0.109. The summed E-state index contributed by atoms with van der Waals surface area (Å²) in [4.78, 5) is 14.5. The fourth-order valence-electron chi connectivity index (χ4n) is 3.10. The lowest BCUT2D eigenvalue weighted by Gasteiger charge is -2.17. The van der Waals surface area contributed by atoms with E-state index in [-0.39, 0.29) is 11.7 Å². The quantitative estimate of drug-likeness (QED) is 0.587. The van der Waals surface area contributed by atoms with Gasteiger partial charge in [-0.1, -0.05) is 23.4 Å². The normalized spacial score (nSPS) is 13.8. The molecule has 9 heteroatoms. The third-order valence-electron chi connectivity index (χ3n) is 4.44. The summed E-state index contributed by atoms with van der Waals surface area (Å²) in [5.41, 5.74) is 0.713. The van der Waals surface area contributed by atoms with E-state index in [1.54, 1.807) is 30.5 Å². The standard InChI is InChI=1S/C19H20ClN5O2S/c20-14-5-7-15(8-6-14)21-17(26)13-28-19-23-22-18(24-9-1-2-10-24)25(19)12-16-4-3-11-27-16/h3-8,11H,1-2,9-10,12-13H2,(H,21,26). The number of nitrogens with one attached hydrogen (secondary N) is 1. The third-order valence-corrected chi connectivity index (χ3v) is 5.66. The summed E-state index contributed by atoms with van der Waals surface area (Å²) in [6.45, 7) is 2.48. The first-order chi connectivity index (χ1) is 13.7. The molecule has 1 aromatic carbocycles. The highest BCUT2D eigenvalue weighted by Crippen LogP contribution is 2.26. The Bertz CT molecular complexity index is 920. The zero-order valence-electron chi connectivity index (χ0n) is 15.2. The lowest BCUT2D eigenvalue weighted by molar-refractivity contribution is -0.113. The van der Waals surface area contributed by atoms with E-state index in [1.165, 1.54) is 11.8 Å². The number of hydrogen-bond acceptors (Lipinski definition) is 6. The third kappa shape index (κ3) is 4.51. The minimum atomic E-state index is -0.109. The molecular formula is C19H20ClN5O2S. The molecule has 1 N–H and O–H groups in total. The van der Waals surface area contributed by atoms with Crippen molar-refractivity contribution in [2.75, 3.05) is 29.1 Å². The van der Waals surface area contributed by atoms with Crippen molar-refractivity contribution >= 4 is 40.9 Å². The van der Waals surface area contributed by atoms with E-state index in [4.69, 9.17) is 16.0 Å². The van der Waals surface area contributed by atoms with Gasteiger partial charge in [0.2, 0.25) is 11.9 Å². The van der Waals surface area contributed by atoms with Crippen LogP contribution in [0.4, 0.5) is 11.6 Å². The predicted molar refractivity (Wildman–Crippen MR) is 110 cm³/mol. The van der Waals surface area contributed by atoms with Gasteiger partial charge in [0, 0.05) is 23.8 Å². The van der Waals surface area contributed by atoms with Crippen molar-refractivity contribution in [3.63, 3.8) is 0 Å². The van der Waals surface area contributed by atoms with Gasteiger partial charge >= 0.3 is 0 Å². The summed E-state index contributed by atoms with van der Waals surface area (Å²) in [6, 6.07) is 10.8. The van der Waals surface area contributed by atoms with Crippen molar-refractivity contribution < 1.29 is 9.21 Å². The molecule has 1 amide bonds. The Morgan fingerprint density at radius 3 is 2.68 bits per heavy atom. The number of thioether (sulfide) groups is 1. The van der Waals surface area contributed by atoms with Gasteiger partial charge in [-0.25, -0.2) is 0 Å². The van der Waals surface area contributed by atoms with E-state index >= 15 is 0 Å². The van der Waals surface area contributed by atoms with Crippen LogP contribution in [0.2, 0.25) is 5.02 Å². The van der Waals surface area contributed by atoms with E-state index in [1.807, 2.05) is 16.7 Å². The van der Waals surface area contributed by atoms with Crippen molar-refractivity contribution in [3.8, 4) is 0 Å². The summed E-state index contributed by atoms with van der Waals surface area (Å²) in [6.07, 6.45) is 3.96. The number of anilines is 2. The number of nitrogens with zero attached hydrogens (tertiary/aromatic N) is 4. The Morgan fingerprint density at radius 1 is 1.18 bits per heavy atom. The van der Waals surface area contributed by atoms with E-state index in [2.05, 4.69) is 20.4 Å². The molecule has 1 aliphatic rings. The van der Waals surface area contributed by atoms with E-state index in [9.17, 15) is 4.79 Å².